The van der Waals surface area contributed by atoms with Gasteiger partial charge in [0.25, 0.3) is 10.2 Å². The van der Waals surface area contributed by atoms with Gasteiger partial charge >= 0.3 is 0 Å². The largest absolute Gasteiger partial charge is 0.486 e. The molecule has 6 nitrogen and oxygen atoms in total. The Morgan fingerprint density at radius 3 is 2.48 bits per heavy atom. The second-order valence-corrected chi connectivity index (χ2v) is 7.49. The number of hydrogen-bond acceptors (Lipinski definition) is 4. The zero-order valence-electron chi connectivity index (χ0n) is 12.8. The fourth-order valence-corrected chi connectivity index (χ4v) is 3.35. The van der Waals surface area contributed by atoms with Crippen molar-refractivity contribution in [2.45, 2.75) is 26.0 Å². The van der Waals surface area contributed by atoms with E-state index in [1.54, 1.807) is 14.1 Å². The summed E-state index contributed by atoms with van der Waals surface area (Å²) in [5.41, 5.74) is 0. The van der Waals surface area contributed by atoms with Gasteiger partial charge in [0, 0.05) is 20.1 Å². The smallest absolute Gasteiger partial charge is 0.281 e. The Kier molecular flexibility index (Phi) is 4.75. The molecular formula is C14H22N2O4S. The Balaban J connectivity index is 2.03. The van der Waals surface area contributed by atoms with Gasteiger partial charge in [-0.25, -0.2) is 0 Å². The second-order valence-electron chi connectivity index (χ2n) is 5.40. The van der Waals surface area contributed by atoms with Crippen LogP contribution in [0.1, 0.15) is 13.8 Å². The lowest BCUT2D eigenvalue weighted by molar-refractivity contribution is 0.0787. The van der Waals surface area contributed by atoms with Gasteiger partial charge in [-0.2, -0.15) is 17.0 Å². The summed E-state index contributed by atoms with van der Waals surface area (Å²) in [5, 5.41) is 0. The summed E-state index contributed by atoms with van der Waals surface area (Å²) in [6.45, 7) is 4.25. The molecule has 7 heteroatoms. The molecular weight excluding hydrogens is 292 g/mol. The molecule has 0 saturated carbocycles. The standard InChI is InChI=1S/C14H22N2O4S/c1-11(2)16(4)21(17,18)15(3)9-12-10-19-13-7-5-6-8-14(13)20-12/h5-8,11-12H,9-10H2,1-4H3. The maximum atomic E-state index is 12.3. The van der Waals surface area contributed by atoms with Crippen molar-refractivity contribution in [1.82, 2.24) is 8.61 Å². The van der Waals surface area contributed by atoms with E-state index in [4.69, 9.17) is 9.47 Å². The molecule has 0 N–H and O–H groups in total. The first kappa shape index (κ1) is 16.1. The van der Waals surface area contributed by atoms with Crippen LogP contribution in [0, 0.1) is 0 Å². The summed E-state index contributed by atoms with van der Waals surface area (Å²) in [5.74, 6) is 1.34. The van der Waals surface area contributed by atoms with E-state index in [0.29, 0.717) is 18.1 Å². The number of benzene rings is 1. The zero-order chi connectivity index (χ0) is 15.6. The van der Waals surface area contributed by atoms with E-state index >= 15 is 0 Å². The highest BCUT2D eigenvalue weighted by Gasteiger charge is 2.30. The van der Waals surface area contributed by atoms with E-state index < -0.39 is 10.2 Å². The van der Waals surface area contributed by atoms with Gasteiger partial charge in [-0.1, -0.05) is 12.1 Å². The number of rotatable bonds is 5. The highest BCUT2D eigenvalue weighted by molar-refractivity contribution is 7.86. The van der Waals surface area contributed by atoms with Crippen molar-refractivity contribution in [3.63, 3.8) is 0 Å². The number of hydrogen-bond donors (Lipinski definition) is 0. The average molecular weight is 314 g/mol. The molecule has 1 heterocycles. The van der Waals surface area contributed by atoms with Gasteiger partial charge in [-0.15, -0.1) is 0 Å². The van der Waals surface area contributed by atoms with Crippen LogP contribution in [-0.4, -0.2) is 56.4 Å². The number of nitrogens with zero attached hydrogens (tertiary/aromatic N) is 2. The lowest BCUT2D eigenvalue weighted by atomic mass is 10.2. The van der Waals surface area contributed by atoms with Gasteiger partial charge < -0.3 is 9.47 Å². The summed E-state index contributed by atoms with van der Waals surface area (Å²) < 4.78 is 38.7. The van der Waals surface area contributed by atoms with Gasteiger partial charge in [-0.05, 0) is 26.0 Å². The van der Waals surface area contributed by atoms with Crippen LogP contribution in [0.5, 0.6) is 11.5 Å². The van der Waals surface area contributed by atoms with Crippen molar-refractivity contribution in [3.05, 3.63) is 24.3 Å². The predicted octanol–water partition coefficient (Wildman–Crippen LogP) is 1.34. The number of ether oxygens (including phenoxy) is 2. The zero-order valence-corrected chi connectivity index (χ0v) is 13.6. The maximum Gasteiger partial charge on any atom is 0.281 e. The third-order valence-electron chi connectivity index (χ3n) is 3.51. The molecule has 1 aromatic carbocycles. The number of fused-ring (bicyclic) bond motifs is 1. The van der Waals surface area contributed by atoms with Crippen molar-refractivity contribution in [3.8, 4) is 11.5 Å². The van der Waals surface area contributed by atoms with E-state index in [2.05, 4.69) is 0 Å². The highest BCUT2D eigenvalue weighted by atomic mass is 32.2. The van der Waals surface area contributed by atoms with Crippen LogP contribution < -0.4 is 9.47 Å². The van der Waals surface area contributed by atoms with Crippen LogP contribution in [0.25, 0.3) is 0 Å². The molecule has 0 aromatic heterocycles. The van der Waals surface area contributed by atoms with Crippen molar-refractivity contribution < 1.29 is 17.9 Å². The quantitative estimate of drug-likeness (QED) is 0.823. The Hall–Kier alpha value is -1.31. The van der Waals surface area contributed by atoms with Crippen molar-refractivity contribution in [2.75, 3.05) is 27.2 Å². The molecule has 1 aliphatic rings. The van der Waals surface area contributed by atoms with Crippen LogP contribution in [0.3, 0.4) is 0 Å². The van der Waals surface area contributed by atoms with Gasteiger partial charge in [0.15, 0.2) is 11.5 Å². The van der Waals surface area contributed by atoms with Crippen LogP contribution in [0.15, 0.2) is 24.3 Å². The molecule has 1 aliphatic heterocycles. The first-order valence-corrected chi connectivity index (χ1v) is 8.30. The molecule has 0 fully saturated rings. The lowest BCUT2D eigenvalue weighted by Gasteiger charge is -2.32. The molecule has 2 rings (SSSR count). The minimum Gasteiger partial charge on any atom is -0.486 e. The van der Waals surface area contributed by atoms with E-state index in [1.165, 1.54) is 8.61 Å². The minimum atomic E-state index is -3.48. The van der Waals surface area contributed by atoms with E-state index in [1.807, 2.05) is 38.1 Å². The van der Waals surface area contributed by atoms with Gasteiger partial charge in [0.2, 0.25) is 0 Å². The lowest BCUT2D eigenvalue weighted by Crippen LogP contribution is -2.48. The third kappa shape index (κ3) is 3.48. The number of likely N-dealkylation sites (N-methyl/N-ethyl adjacent to an activating group) is 1. The minimum absolute atomic E-state index is 0.0956. The summed E-state index contributed by atoms with van der Waals surface area (Å²) in [4.78, 5) is 0. The molecule has 1 atom stereocenters. The van der Waals surface area contributed by atoms with Gasteiger partial charge in [0.05, 0.1) is 6.54 Å². The third-order valence-corrected chi connectivity index (χ3v) is 5.60. The fraction of sp³-hybridized carbons (Fsp3) is 0.571. The second kappa shape index (κ2) is 6.21. The van der Waals surface area contributed by atoms with Crippen molar-refractivity contribution in [2.24, 2.45) is 0 Å². The molecule has 0 radical (unpaired) electrons. The molecule has 0 amide bonds. The molecule has 1 unspecified atom stereocenters. The summed E-state index contributed by atoms with van der Waals surface area (Å²) in [7, 11) is -0.357. The SMILES string of the molecule is CC(C)N(C)S(=O)(=O)N(C)CC1COc2ccccc2O1. The van der Waals surface area contributed by atoms with E-state index in [-0.39, 0.29) is 18.7 Å². The van der Waals surface area contributed by atoms with Gasteiger partial charge in [-0.3, -0.25) is 0 Å². The summed E-state index contributed by atoms with van der Waals surface area (Å²) in [6, 6.07) is 7.28. The predicted molar refractivity (Wildman–Crippen MR) is 80.8 cm³/mol. The Bertz CT molecular complexity index is 588. The molecule has 1 aromatic rings. The Morgan fingerprint density at radius 2 is 1.86 bits per heavy atom. The fourth-order valence-electron chi connectivity index (χ4n) is 2.02. The highest BCUT2D eigenvalue weighted by Crippen LogP contribution is 2.31. The van der Waals surface area contributed by atoms with Crippen molar-refractivity contribution in [1.29, 1.82) is 0 Å². The van der Waals surface area contributed by atoms with E-state index in [9.17, 15) is 8.42 Å². The first-order chi connectivity index (χ1) is 9.82. The average Bonchev–Trinajstić information content (AvgIpc) is 2.46. The molecule has 0 spiro atoms. The maximum absolute atomic E-state index is 12.3. The Morgan fingerprint density at radius 1 is 1.24 bits per heavy atom. The van der Waals surface area contributed by atoms with Crippen LogP contribution >= 0.6 is 0 Å². The molecule has 0 bridgehead atoms. The van der Waals surface area contributed by atoms with Crippen LogP contribution in [0.2, 0.25) is 0 Å². The van der Waals surface area contributed by atoms with Crippen molar-refractivity contribution >= 4 is 10.2 Å². The van der Waals surface area contributed by atoms with Crippen LogP contribution in [-0.2, 0) is 10.2 Å². The monoisotopic (exact) mass is 314 g/mol. The van der Waals surface area contributed by atoms with E-state index in [0.717, 1.165) is 0 Å². The summed E-state index contributed by atoms with van der Waals surface area (Å²) in [6.07, 6.45) is -0.319. The molecule has 21 heavy (non-hydrogen) atoms. The van der Waals surface area contributed by atoms with Gasteiger partial charge in [0.1, 0.15) is 12.7 Å². The molecule has 0 aliphatic carbocycles. The first-order valence-electron chi connectivity index (χ1n) is 6.90. The summed E-state index contributed by atoms with van der Waals surface area (Å²) >= 11 is 0. The Labute approximate surface area is 126 Å². The molecule has 118 valence electrons. The molecule has 0 saturated heterocycles. The number of para-hydroxylation sites is 2. The van der Waals surface area contributed by atoms with Crippen LogP contribution in [0.4, 0.5) is 0 Å². The normalized spacial score (nSPS) is 18.5. The topological polar surface area (TPSA) is 59.1 Å².